The summed E-state index contributed by atoms with van der Waals surface area (Å²) in [6, 6.07) is 0. The number of nitro benzene ring substituents is 2. The van der Waals surface area contributed by atoms with Gasteiger partial charge in [0, 0.05) is 11.1 Å². The molecule has 0 saturated carbocycles. The second-order valence-electron chi connectivity index (χ2n) is 11.5. The first-order valence-electron chi connectivity index (χ1n) is 9.80. The molecular weight excluding hydrogens is 356 g/mol. The molecule has 0 heterocycles. The lowest BCUT2D eigenvalue weighted by molar-refractivity contribution is -0.396. The Balaban J connectivity index is 4.11. The highest BCUT2D eigenvalue weighted by molar-refractivity contribution is 5.67. The van der Waals surface area contributed by atoms with Crippen molar-refractivity contribution in [2.75, 3.05) is 0 Å². The van der Waals surface area contributed by atoms with Gasteiger partial charge in [0.2, 0.25) is 0 Å². The molecule has 0 aromatic heterocycles. The molecule has 0 aliphatic carbocycles. The second-order valence-corrected chi connectivity index (χ2v) is 11.5. The van der Waals surface area contributed by atoms with Gasteiger partial charge < -0.3 is 0 Å². The van der Waals surface area contributed by atoms with E-state index in [1.54, 1.807) is 0 Å². The zero-order valence-corrected chi connectivity index (χ0v) is 19.1. The first-order valence-corrected chi connectivity index (χ1v) is 9.80. The van der Waals surface area contributed by atoms with E-state index in [0.717, 1.165) is 0 Å². The van der Waals surface area contributed by atoms with Gasteiger partial charge in [0.15, 0.2) is 0 Å². The predicted molar refractivity (Wildman–Crippen MR) is 114 cm³/mol. The Morgan fingerprint density at radius 3 is 1.07 bits per heavy atom. The summed E-state index contributed by atoms with van der Waals surface area (Å²) < 4.78 is 0. The second kappa shape index (κ2) is 7.80. The third-order valence-corrected chi connectivity index (χ3v) is 4.54. The Hall–Kier alpha value is -1.98. The van der Waals surface area contributed by atoms with Crippen LogP contribution in [-0.4, -0.2) is 9.85 Å². The van der Waals surface area contributed by atoms with Crippen LogP contribution in [0, 0.1) is 43.4 Å². The molecule has 0 aliphatic heterocycles. The lowest BCUT2D eigenvalue weighted by atomic mass is 9.76. The Morgan fingerprint density at radius 2 is 0.857 bits per heavy atom. The molecule has 0 radical (unpaired) electrons. The first kappa shape index (κ1) is 24.1. The molecule has 0 saturated heterocycles. The van der Waals surface area contributed by atoms with Crippen molar-refractivity contribution in [2.45, 2.75) is 88.5 Å². The largest absolute Gasteiger partial charge is 0.282 e. The van der Waals surface area contributed by atoms with Crippen LogP contribution in [0.5, 0.6) is 0 Å². The minimum absolute atomic E-state index is 0.0632. The van der Waals surface area contributed by atoms with Gasteiger partial charge in [0.25, 0.3) is 11.4 Å². The number of rotatable bonds is 5. The third-order valence-electron chi connectivity index (χ3n) is 4.54. The summed E-state index contributed by atoms with van der Waals surface area (Å²) in [5.41, 5.74) is 1.45. The summed E-state index contributed by atoms with van der Waals surface area (Å²) in [5, 5.41) is 24.2. The van der Waals surface area contributed by atoms with Crippen molar-refractivity contribution in [3.05, 3.63) is 42.5 Å². The van der Waals surface area contributed by atoms with Crippen molar-refractivity contribution in [1.29, 1.82) is 0 Å². The van der Waals surface area contributed by atoms with Crippen molar-refractivity contribution in [1.82, 2.24) is 0 Å². The summed E-state index contributed by atoms with van der Waals surface area (Å²) in [6.45, 7) is 19.9. The molecule has 28 heavy (non-hydrogen) atoms. The zero-order chi connectivity index (χ0) is 22.2. The van der Waals surface area contributed by atoms with Crippen molar-refractivity contribution < 1.29 is 9.85 Å². The van der Waals surface area contributed by atoms with E-state index in [9.17, 15) is 20.2 Å². The number of hydrogen-bond donors (Lipinski definition) is 0. The highest BCUT2D eigenvalue weighted by Gasteiger charge is 2.38. The van der Waals surface area contributed by atoms with Crippen molar-refractivity contribution in [3.63, 3.8) is 0 Å². The summed E-state index contributed by atoms with van der Waals surface area (Å²) >= 11 is 0. The SMILES string of the molecule is Cc1c(CC(C)(C)C)c([N+](=O)[O-])c(CC(C)(C)C)c([N+](=O)[O-])c1CC(C)(C)C. The zero-order valence-electron chi connectivity index (χ0n) is 19.1. The molecule has 0 N–H and O–H groups in total. The molecule has 1 aromatic carbocycles. The fourth-order valence-electron chi connectivity index (χ4n) is 3.65. The minimum Gasteiger partial charge on any atom is -0.258 e. The molecule has 0 bridgehead atoms. The lowest BCUT2D eigenvalue weighted by Crippen LogP contribution is -2.21. The van der Waals surface area contributed by atoms with E-state index in [-0.39, 0.29) is 39.6 Å². The normalized spacial score (nSPS) is 12.9. The van der Waals surface area contributed by atoms with Crippen LogP contribution in [0.1, 0.15) is 84.6 Å². The quantitative estimate of drug-likeness (QED) is 0.418. The Labute approximate surface area is 169 Å². The van der Waals surface area contributed by atoms with E-state index in [1.807, 2.05) is 69.2 Å². The van der Waals surface area contributed by atoms with Crippen molar-refractivity contribution in [3.8, 4) is 0 Å². The van der Waals surface area contributed by atoms with Gasteiger partial charge >= 0.3 is 0 Å². The van der Waals surface area contributed by atoms with Crippen LogP contribution < -0.4 is 0 Å². The van der Waals surface area contributed by atoms with Gasteiger partial charge in [-0.25, -0.2) is 0 Å². The molecule has 6 nitrogen and oxygen atoms in total. The summed E-state index contributed by atoms with van der Waals surface area (Å²) in [4.78, 5) is 23.4. The van der Waals surface area contributed by atoms with E-state index >= 15 is 0 Å². The van der Waals surface area contributed by atoms with Crippen molar-refractivity contribution in [2.24, 2.45) is 16.2 Å². The Morgan fingerprint density at radius 1 is 0.607 bits per heavy atom. The topological polar surface area (TPSA) is 86.3 Å². The smallest absolute Gasteiger partial charge is 0.258 e. The van der Waals surface area contributed by atoms with E-state index in [2.05, 4.69) is 0 Å². The average Bonchev–Trinajstić information content (AvgIpc) is 2.38. The van der Waals surface area contributed by atoms with Crippen LogP contribution in [0.3, 0.4) is 0 Å². The maximum absolute atomic E-state index is 12.1. The molecule has 0 unspecified atom stereocenters. The van der Waals surface area contributed by atoms with E-state index in [4.69, 9.17) is 0 Å². The Kier molecular flexibility index (Phi) is 6.70. The van der Waals surface area contributed by atoms with Crippen LogP contribution in [0.4, 0.5) is 11.4 Å². The third kappa shape index (κ3) is 6.28. The van der Waals surface area contributed by atoms with Gasteiger partial charge in [-0.3, -0.25) is 20.2 Å². The summed E-state index contributed by atoms with van der Waals surface area (Å²) in [5.74, 6) is 0. The van der Waals surface area contributed by atoms with Crippen LogP contribution in [0.2, 0.25) is 0 Å². The van der Waals surface area contributed by atoms with Crippen LogP contribution >= 0.6 is 0 Å². The van der Waals surface area contributed by atoms with E-state index in [0.29, 0.717) is 29.5 Å². The first-order chi connectivity index (χ1) is 12.3. The molecular formula is C22H36N2O4. The molecule has 1 rings (SSSR count). The van der Waals surface area contributed by atoms with Gasteiger partial charge in [-0.15, -0.1) is 0 Å². The van der Waals surface area contributed by atoms with Crippen LogP contribution in [0.15, 0.2) is 0 Å². The van der Waals surface area contributed by atoms with Gasteiger partial charge in [-0.2, -0.15) is 0 Å². The van der Waals surface area contributed by atoms with Crippen molar-refractivity contribution >= 4 is 11.4 Å². The minimum atomic E-state index is -0.414. The van der Waals surface area contributed by atoms with Gasteiger partial charge in [0.1, 0.15) is 5.56 Å². The molecule has 0 spiro atoms. The summed E-state index contributed by atoms with van der Waals surface area (Å²) in [6.07, 6.45) is 1.29. The molecule has 158 valence electrons. The molecule has 1 aromatic rings. The van der Waals surface area contributed by atoms with Gasteiger partial charge in [0.05, 0.1) is 9.85 Å². The number of benzene rings is 1. The number of nitrogens with zero attached hydrogens (tertiary/aromatic N) is 2. The number of nitro groups is 2. The predicted octanol–water partition coefficient (Wildman–Crippen LogP) is 6.58. The van der Waals surface area contributed by atoms with E-state index < -0.39 is 9.85 Å². The fourth-order valence-corrected chi connectivity index (χ4v) is 3.65. The summed E-state index contributed by atoms with van der Waals surface area (Å²) in [7, 11) is 0. The van der Waals surface area contributed by atoms with Crippen LogP contribution in [-0.2, 0) is 19.3 Å². The number of hydrogen-bond acceptors (Lipinski definition) is 4. The van der Waals surface area contributed by atoms with Gasteiger partial charge in [-0.1, -0.05) is 62.3 Å². The van der Waals surface area contributed by atoms with Gasteiger partial charge in [-0.05, 0) is 48.0 Å². The maximum atomic E-state index is 12.1. The maximum Gasteiger partial charge on any atom is 0.282 e. The highest BCUT2D eigenvalue weighted by atomic mass is 16.6. The standard InChI is InChI=1S/C22H36N2O4/c1-14-15(11-20(2,3)4)18(23(25)26)17(13-22(8,9)10)19(24(27)28)16(14)12-21(5,6)7/h11-13H2,1-10H3. The average molecular weight is 393 g/mol. The molecule has 0 amide bonds. The molecule has 0 aliphatic rings. The molecule has 0 fully saturated rings. The van der Waals surface area contributed by atoms with Crippen LogP contribution in [0.25, 0.3) is 0 Å². The monoisotopic (exact) mass is 392 g/mol. The lowest BCUT2D eigenvalue weighted by Gasteiger charge is -2.27. The molecule has 6 heteroatoms. The Bertz CT molecular complexity index is 721. The highest BCUT2D eigenvalue weighted by Crippen LogP contribution is 2.45. The molecule has 0 atom stereocenters. The van der Waals surface area contributed by atoms with E-state index in [1.165, 1.54) is 0 Å². The fraction of sp³-hybridized carbons (Fsp3) is 0.727.